The Morgan fingerprint density at radius 1 is 0.969 bits per heavy atom. The van der Waals surface area contributed by atoms with E-state index >= 15 is 0 Å². The van der Waals surface area contributed by atoms with Crippen molar-refractivity contribution in [3.63, 3.8) is 0 Å². The van der Waals surface area contributed by atoms with Crippen LogP contribution >= 0.6 is 0 Å². The predicted molar refractivity (Wildman–Crippen MR) is 109 cm³/mol. The van der Waals surface area contributed by atoms with Crippen LogP contribution in [0.25, 0.3) is 0 Å². The van der Waals surface area contributed by atoms with Crippen LogP contribution < -0.4 is 16.4 Å². The average Bonchev–Trinajstić information content (AvgIpc) is 3.37. The molecule has 0 radical (unpaired) electrons. The lowest BCUT2D eigenvalue weighted by Crippen LogP contribution is -2.57. The van der Waals surface area contributed by atoms with Gasteiger partial charge in [-0.15, -0.1) is 0 Å². The molecule has 0 saturated carbocycles. The highest BCUT2D eigenvalue weighted by Gasteiger charge is 2.43. The number of likely N-dealkylation sites (tertiary alicyclic amines) is 2. The van der Waals surface area contributed by atoms with E-state index in [0.29, 0.717) is 19.3 Å². The van der Waals surface area contributed by atoms with Crippen LogP contribution in [0.4, 0.5) is 4.79 Å². The maximum Gasteiger partial charge on any atom is 0.405 e. The number of nitrogens with two attached hydrogens (primary N) is 1. The van der Waals surface area contributed by atoms with Crippen molar-refractivity contribution in [1.82, 2.24) is 20.4 Å². The molecule has 2 rings (SSSR count). The van der Waals surface area contributed by atoms with Crippen LogP contribution in [0.5, 0.6) is 0 Å². The van der Waals surface area contributed by atoms with Crippen LogP contribution in [-0.4, -0.2) is 105 Å². The average molecular weight is 457 g/mol. The van der Waals surface area contributed by atoms with Crippen molar-refractivity contribution in [3.05, 3.63) is 0 Å². The lowest BCUT2D eigenvalue weighted by atomic mass is 10.1. The minimum Gasteiger partial charge on any atom is -0.465 e. The second kappa shape index (κ2) is 10.6. The van der Waals surface area contributed by atoms with Gasteiger partial charge in [0.1, 0.15) is 18.1 Å². The van der Waals surface area contributed by atoms with Gasteiger partial charge in [0.2, 0.25) is 23.6 Å². The molecule has 0 bridgehead atoms. The van der Waals surface area contributed by atoms with E-state index in [2.05, 4.69) is 5.32 Å². The first-order valence-electron chi connectivity index (χ1n) is 10.5. The Labute approximate surface area is 184 Å². The molecular weight excluding hydrogens is 426 g/mol. The molecule has 13 heteroatoms. The molecule has 0 aliphatic carbocycles. The fourth-order valence-electron chi connectivity index (χ4n) is 4.07. The first kappa shape index (κ1) is 25.3. The number of hydrogen-bond donors (Lipinski definition) is 6. The highest BCUT2D eigenvalue weighted by molar-refractivity contribution is 5.93. The zero-order valence-corrected chi connectivity index (χ0v) is 18.1. The number of nitrogens with zero attached hydrogens (tertiary/aromatic N) is 2. The highest BCUT2D eigenvalue weighted by Crippen LogP contribution is 2.25. The van der Waals surface area contributed by atoms with E-state index in [-0.39, 0.29) is 25.5 Å². The molecule has 6 atom stereocenters. The summed E-state index contributed by atoms with van der Waals surface area (Å²) in [6, 6.07) is -3.46. The lowest BCUT2D eigenvalue weighted by Gasteiger charge is -2.31. The van der Waals surface area contributed by atoms with Crippen molar-refractivity contribution in [2.24, 2.45) is 11.7 Å². The molecule has 5 amide bonds. The lowest BCUT2D eigenvalue weighted by molar-refractivity contribution is -0.145. The number of carboxylic acid groups (broad SMARTS) is 1. The number of amides is 5. The van der Waals surface area contributed by atoms with Gasteiger partial charge in [-0.1, -0.05) is 0 Å². The van der Waals surface area contributed by atoms with E-state index in [4.69, 9.17) is 10.8 Å². The van der Waals surface area contributed by atoms with Gasteiger partial charge in [-0.2, -0.15) is 0 Å². The summed E-state index contributed by atoms with van der Waals surface area (Å²) in [4.78, 5) is 63.4. The zero-order valence-electron chi connectivity index (χ0n) is 18.1. The van der Waals surface area contributed by atoms with Crippen molar-refractivity contribution in [3.8, 4) is 0 Å². The van der Waals surface area contributed by atoms with Crippen LogP contribution in [0, 0.1) is 5.92 Å². The monoisotopic (exact) mass is 457 g/mol. The number of primary amides is 1. The van der Waals surface area contributed by atoms with Crippen LogP contribution in [0.3, 0.4) is 0 Å². The second-order valence-corrected chi connectivity index (χ2v) is 8.26. The Kier molecular flexibility index (Phi) is 8.38. The number of nitrogens with one attached hydrogen (secondary N) is 2. The third-order valence-corrected chi connectivity index (χ3v) is 5.81. The predicted octanol–water partition coefficient (Wildman–Crippen LogP) is -2.81. The molecule has 32 heavy (non-hydrogen) atoms. The summed E-state index contributed by atoms with van der Waals surface area (Å²) in [5, 5.41) is 32.7. The van der Waals surface area contributed by atoms with Gasteiger partial charge < -0.3 is 41.5 Å². The van der Waals surface area contributed by atoms with Crippen molar-refractivity contribution >= 4 is 29.7 Å². The zero-order chi connectivity index (χ0) is 24.2. The summed E-state index contributed by atoms with van der Waals surface area (Å²) in [7, 11) is 0. The molecule has 0 unspecified atom stereocenters. The molecule has 0 spiro atoms. The quantitative estimate of drug-likeness (QED) is 0.224. The first-order valence-corrected chi connectivity index (χ1v) is 10.5. The third-order valence-electron chi connectivity index (χ3n) is 5.81. The van der Waals surface area contributed by atoms with Gasteiger partial charge in [0.25, 0.3) is 0 Å². The minimum absolute atomic E-state index is 0.0711. The Hall–Kier alpha value is -2.93. The van der Waals surface area contributed by atoms with E-state index in [1.807, 2.05) is 5.32 Å². The third kappa shape index (κ3) is 5.85. The van der Waals surface area contributed by atoms with Crippen LogP contribution in [0.2, 0.25) is 0 Å². The number of carbonyl (C=O) groups excluding carboxylic acids is 4. The Morgan fingerprint density at radius 3 is 2.12 bits per heavy atom. The number of rotatable bonds is 8. The maximum absolute atomic E-state index is 13.1. The molecule has 2 aliphatic heterocycles. The highest BCUT2D eigenvalue weighted by atomic mass is 16.4. The van der Waals surface area contributed by atoms with Gasteiger partial charge in [0.15, 0.2) is 0 Å². The molecule has 2 saturated heterocycles. The van der Waals surface area contributed by atoms with Gasteiger partial charge in [-0.25, -0.2) is 4.79 Å². The molecule has 2 fully saturated rings. The second-order valence-electron chi connectivity index (χ2n) is 8.26. The molecule has 13 nitrogen and oxygen atoms in total. The Bertz CT molecular complexity index is 758. The van der Waals surface area contributed by atoms with Crippen LogP contribution in [0.1, 0.15) is 33.1 Å². The van der Waals surface area contributed by atoms with Crippen molar-refractivity contribution in [2.45, 2.75) is 63.4 Å². The number of aliphatic hydroxyl groups excluding tert-OH is 2. The van der Waals surface area contributed by atoms with Gasteiger partial charge in [0, 0.05) is 19.6 Å². The molecule has 7 N–H and O–H groups in total. The molecule has 2 heterocycles. The topological polar surface area (TPSA) is 203 Å². The van der Waals surface area contributed by atoms with Gasteiger partial charge in [0.05, 0.1) is 18.1 Å². The van der Waals surface area contributed by atoms with E-state index in [9.17, 15) is 34.2 Å². The summed E-state index contributed by atoms with van der Waals surface area (Å²) in [5.41, 5.74) is 5.19. The van der Waals surface area contributed by atoms with Crippen LogP contribution in [-0.2, 0) is 19.2 Å². The van der Waals surface area contributed by atoms with Gasteiger partial charge in [-0.3, -0.25) is 19.2 Å². The van der Waals surface area contributed by atoms with E-state index in [0.717, 1.165) is 0 Å². The van der Waals surface area contributed by atoms with Crippen molar-refractivity contribution in [1.29, 1.82) is 0 Å². The normalized spacial score (nSPS) is 24.4. The van der Waals surface area contributed by atoms with Gasteiger partial charge in [-0.05, 0) is 33.1 Å². The van der Waals surface area contributed by atoms with E-state index < -0.39 is 60.1 Å². The van der Waals surface area contributed by atoms with Gasteiger partial charge >= 0.3 is 6.09 Å². The maximum atomic E-state index is 13.1. The Morgan fingerprint density at radius 2 is 1.59 bits per heavy atom. The van der Waals surface area contributed by atoms with Crippen molar-refractivity contribution < 1.29 is 39.3 Å². The fraction of sp³-hybridized carbons (Fsp3) is 0.737. The standard InChI is InChI=1S/C19H31N5O8/c1-9(25)13(15(20)27)21-16(28)11-5-7-23(8-11)17(29)12-4-3-6-24(12)18(30)14(10(2)26)22-19(31)32/h9-14,22,25-26H,3-8H2,1-2H3,(H2,20,27)(H,21,28)(H,31,32)/t9-,10-,11-,12+,13+,14+/m1/s1. The van der Waals surface area contributed by atoms with Crippen molar-refractivity contribution in [2.75, 3.05) is 19.6 Å². The summed E-state index contributed by atoms with van der Waals surface area (Å²) >= 11 is 0. The van der Waals surface area contributed by atoms with E-state index in [1.54, 1.807) is 0 Å². The minimum atomic E-state index is -1.47. The summed E-state index contributed by atoms with van der Waals surface area (Å²) in [6.45, 7) is 3.18. The Balaban J connectivity index is 2.03. The molecule has 180 valence electrons. The molecule has 0 aromatic carbocycles. The molecule has 0 aromatic rings. The fourth-order valence-corrected chi connectivity index (χ4v) is 4.07. The molecule has 2 aliphatic rings. The smallest absolute Gasteiger partial charge is 0.405 e. The molecule has 0 aromatic heterocycles. The number of carbonyl (C=O) groups is 5. The summed E-state index contributed by atoms with van der Waals surface area (Å²) in [5.74, 6) is -3.05. The summed E-state index contributed by atoms with van der Waals surface area (Å²) < 4.78 is 0. The number of aliphatic hydroxyl groups is 2. The number of hydrogen-bond acceptors (Lipinski definition) is 7. The van der Waals surface area contributed by atoms with E-state index in [1.165, 1.54) is 23.6 Å². The largest absolute Gasteiger partial charge is 0.465 e. The van der Waals surface area contributed by atoms with Crippen LogP contribution in [0.15, 0.2) is 0 Å². The summed E-state index contributed by atoms with van der Waals surface area (Å²) in [6.07, 6.45) is -2.68. The first-order chi connectivity index (χ1) is 14.9. The SMILES string of the molecule is C[C@@H](O)[C@H](NC(=O)[C@@H]1CCN(C(=O)[C@@H]2CCCN2C(=O)[C@@H](NC(=O)O)[C@@H](C)O)C1)C(N)=O. The molecular formula is C19H31N5O8.